The Hall–Kier alpha value is -0.930. The first-order valence-electron chi connectivity index (χ1n) is 7.10. The van der Waals surface area contributed by atoms with Gasteiger partial charge in [-0.15, -0.1) is 0 Å². The van der Waals surface area contributed by atoms with Crippen molar-refractivity contribution in [1.29, 1.82) is 0 Å². The minimum atomic E-state index is 0.135. The largest absolute Gasteiger partial charge is 0.495 e. The number of halogens is 1. The summed E-state index contributed by atoms with van der Waals surface area (Å²) in [6.45, 7) is 9.02. The number of rotatable bonds is 3. The number of ether oxygens (including phenoxy) is 1. The Bertz CT molecular complexity index is 469. The highest BCUT2D eigenvalue weighted by Gasteiger charge is 2.37. The van der Waals surface area contributed by atoms with E-state index in [-0.39, 0.29) is 11.1 Å². The standard InChI is InChI=1S/C16H25ClN2O/c1-15(2)9-12(10-16(3,4)19-15)18-11-6-7-13(17)14(8-11)20-5/h6-8,12,18-19H,9-10H2,1-5H3. The third-order valence-electron chi connectivity index (χ3n) is 3.71. The SMILES string of the molecule is COc1cc(NC2CC(C)(C)NC(C)(C)C2)ccc1Cl. The van der Waals surface area contributed by atoms with Crippen molar-refractivity contribution in [2.45, 2.75) is 57.7 Å². The Balaban J connectivity index is 2.13. The number of piperidine rings is 1. The first kappa shape index (κ1) is 15.5. The molecule has 2 rings (SSSR count). The van der Waals surface area contributed by atoms with Crippen LogP contribution in [0.5, 0.6) is 5.75 Å². The molecule has 1 saturated heterocycles. The van der Waals surface area contributed by atoms with Crippen molar-refractivity contribution in [1.82, 2.24) is 5.32 Å². The molecule has 1 aromatic rings. The van der Waals surface area contributed by atoms with E-state index < -0.39 is 0 Å². The molecule has 0 unspecified atom stereocenters. The summed E-state index contributed by atoms with van der Waals surface area (Å²) in [4.78, 5) is 0. The molecule has 0 bridgehead atoms. The van der Waals surface area contributed by atoms with Crippen LogP contribution in [0.1, 0.15) is 40.5 Å². The fourth-order valence-corrected chi connectivity index (χ4v) is 3.60. The van der Waals surface area contributed by atoms with Gasteiger partial charge in [-0.25, -0.2) is 0 Å². The number of hydrogen-bond donors (Lipinski definition) is 2. The maximum absolute atomic E-state index is 6.07. The van der Waals surface area contributed by atoms with E-state index in [4.69, 9.17) is 16.3 Å². The molecule has 1 aliphatic rings. The number of anilines is 1. The molecule has 1 aromatic carbocycles. The highest BCUT2D eigenvalue weighted by atomic mass is 35.5. The third-order valence-corrected chi connectivity index (χ3v) is 4.02. The summed E-state index contributed by atoms with van der Waals surface area (Å²) in [5.74, 6) is 0.712. The lowest BCUT2D eigenvalue weighted by Gasteiger charge is -2.47. The van der Waals surface area contributed by atoms with Crippen LogP contribution in [0, 0.1) is 0 Å². The zero-order valence-corrected chi connectivity index (χ0v) is 13.8. The molecule has 2 N–H and O–H groups in total. The molecule has 1 fully saturated rings. The molecule has 3 nitrogen and oxygen atoms in total. The van der Waals surface area contributed by atoms with E-state index in [2.05, 4.69) is 38.3 Å². The van der Waals surface area contributed by atoms with Crippen LogP contribution in [-0.4, -0.2) is 24.2 Å². The monoisotopic (exact) mass is 296 g/mol. The van der Waals surface area contributed by atoms with Gasteiger partial charge in [0.05, 0.1) is 12.1 Å². The van der Waals surface area contributed by atoms with E-state index >= 15 is 0 Å². The van der Waals surface area contributed by atoms with Gasteiger partial charge in [0.1, 0.15) is 5.75 Å². The van der Waals surface area contributed by atoms with Crippen LogP contribution in [0.25, 0.3) is 0 Å². The van der Waals surface area contributed by atoms with Crippen LogP contribution in [-0.2, 0) is 0 Å². The predicted octanol–water partition coefficient (Wildman–Crippen LogP) is 4.07. The lowest BCUT2D eigenvalue weighted by atomic mass is 9.79. The molecule has 1 heterocycles. The number of benzene rings is 1. The van der Waals surface area contributed by atoms with Gasteiger partial charge < -0.3 is 15.4 Å². The van der Waals surface area contributed by atoms with Gasteiger partial charge in [-0.1, -0.05) is 11.6 Å². The van der Waals surface area contributed by atoms with E-state index in [0.717, 1.165) is 18.5 Å². The molecule has 0 atom stereocenters. The molecule has 0 aromatic heterocycles. The van der Waals surface area contributed by atoms with Crippen LogP contribution >= 0.6 is 11.6 Å². The van der Waals surface area contributed by atoms with Gasteiger partial charge in [-0.05, 0) is 52.7 Å². The highest BCUT2D eigenvalue weighted by Crippen LogP contribution is 2.32. The average Bonchev–Trinajstić information content (AvgIpc) is 2.27. The average molecular weight is 297 g/mol. The van der Waals surface area contributed by atoms with Crippen molar-refractivity contribution in [3.63, 3.8) is 0 Å². The molecule has 4 heteroatoms. The molecule has 0 aliphatic carbocycles. The minimum Gasteiger partial charge on any atom is -0.495 e. The molecule has 0 saturated carbocycles. The third kappa shape index (κ3) is 3.80. The summed E-state index contributed by atoms with van der Waals surface area (Å²) >= 11 is 6.07. The van der Waals surface area contributed by atoms with Crippen molar-refractivity contribution in [3.8, 4) is 5.75 Å². The van der Waals surface area contributed by atoms with Crippen LogP contribution in [0.4, 0.5) is 5.69 Å². The van der Waals surface area contributed by atoms with E-state index in [1.54, 1.807) is 7.11 Å². The van der Waals surface area contributed by atoms with Gasteiger partial charge in [0.15, 0.2) is 0 Å². The summed E-state index contributed by atoms with van der Waals surface area (Å²) in [5, 5.41) is 7.95. The lowest BCUT2D eigenvalue weighted by molar-refractivity contribution is 0.170. The number of nitrogens with one attached hydrogen (secondary N) is 2. The Morgan fingerprint density at radius 2 is 1.80 bits per heavy atom. The van der Waals surface area contributed by atoms with E-state index in [9.17, 15) is 0 Å². The Labute approximate surface area is 127 Å². The Morgan fingerprint density at radius 1 is 1.20 bits per heavy atom. The maximum Gasteiger partial charge on any atom is 0.139 e. The first-order valence-corrected chi connectivity index (χ1v) is 7.48. The summed E-state index contributed by atoms with van der Waals surface area (Å²) in [6, 6.07) is 6.28. The van der Waals surface area contributed by atoms with E-state index in [1.165, 1.54) is 0 Å². The molecule has 0 radical (unpaired) electrons. The summed E-state index contributed by atoms with van der Waals surface area (Å²) in [6.07, 6.45) is 2.17. The second-order valence-corrected chi connectivity index (χ2v) is 7.40. The zero-order chi connectivity index (χ0) is 15.0. The number of hydrogen-bond acceptors (Lipinski definition) is 3. The van der Waals surface area contributed by atoms with Gasteiger partial charge in [0.25, 0.3) is 0 Å². The van der Waals surface area contributed by atoms with Crippen LogP contribution in [0.2, 0.25) is 5.02 Å². The quantitative estimate of drug-likeness (QED) is 0.882. The fraction of sp³-hybridized carbons (Fsp3) is 0.625. The molecule has 1 aliphatic heterocycles. The number of methoxy groups -OCH3 is 1. The molecule has 112 valence electrons. The van der Waals surface area contributed by atoms with Gasteiger partial charge in [0, 0.05) is 28.9 Å². The van der Waals surface area contributed by atoms with Crippen molar-refractivity contribution in [2.75, 3.05) is 12.4 Å². The van der Waals surface area contributed by atoms with Crippen molar-refractivity contribution >= 4 is 17.3 Å². The molecule has 20 heavy (non-hydrogen) atoms. The summed E-state index contributed by atoms with van der Waals surface area (Å²) < 4.78 is 5.27. The van der Waals surface area contributed by atoms with Gasteiger partial charge in [-0.3, -0.25) is 0 Å². The lowest BCUT2D eigenvalue weighted by Crippen LogP contribution is -2.60. The van der Waals surface area contributed by atoms with E-state index in [0.29, 0.717) is 16.8 Å². The fourth-order valence-electron chi connectivity index (χ4n) is 3.41. The summed E-state index contributed by atoms with van der Waals surface area (Å²) in [5.41, 5.74) is 1.33. The minimum absolute atomic E-state index is 0.135. The molecular weight excluding hydrogens is 272 g/mol. The van der Waals surface area contributed by atoms with Crippen LogP contribution < -0.4 is 15.4 Å². The normalized spacial score (nSPS) is 21.5. The van der Waals surface area contributed by atoms with Crippen molar-refractivity contribution in [3.05, 3.63) is 23.2 Å². The Kier molecular flexibility index (Phi) is 4.22. The van der Waals surface area contributed by atoms with Gasteiger partial charge in [-0.2, -0.15) is 0 Å². The van der Waals surface area contributed by atoms with Crippen molar-refractivity contribution < 1.29 is 4.74 Å². The van der Waals surface area contributed by atoms with Crippen molar-refractivity contribution in [2.24, 2.45) is 0 Å². The zero-order valence-electron chi connectivity index (χ0n) is 13.0. The molecule has 0 spiro atoms. The smallest absolute Gasteiger partial charge is 0.139 e. The van der Waals surface area contributed by atoms with E-state index in [1.807, 2.05) is 18.2 Å². The predicted molar refractivity (Wildman–Crippen MR) is 85.9 cm³/mol. The topological polar surface area (TPSA) is 33.3 Å². The van der Waals surface area contributed by atoms with Gasteiger partial charge in [0.2, 0.25) is 0 Å². The molecular formula is C16H25ClN2O. The second kappa shape index (κ2) is 5.45. The molecule has 0 amide bonds. The first-order chi connectivity index (χ1) is 9.21. The van der Waals surface area contributed by atoms with Crippen LogP contribution in [0.3, 0.4) is 0 Å². The maximum atomic E-state index is 6.07. The Morgan fingerprint density at radius 3 is 2.35 bits per heavy atom. The van der Waals surface area contributed by atoms with Crippen LogP contribution in [0.15, 0.2) is 18.2 Å². The summed E-state index contributed by atoms with van der Waals surface area (Å²) in [7, 11) is 1.64. The second-order valence-electron chi connectivity index (χ2n) is 6.99. The highest BCUT2D eigenvalue weighted by molar-refractivity contribution is 6.32. The van der Waals surface area contributed by atoms with Gasteiger partial charge >= 0.3 is 0 Å².